The molecular weight excluding hydrogens is 258 g/mol. The van der Waals surface area contributed by atoms with Crippen LogP contribution in [0.2, 0.25) is 0 Å². The number of hydrogen-bond donors (Lipinski definition) is 0. The number of benzene rings is 2. The Bertz CT molecular complexity index is 674. The second-order valence-electron chi connectivity index (χ2n) is 5.79. The summed E-state index contributed by atoms with van der Waals surface area (Å²) in [5, 5.41) is 4.69. The minimum atomic E-state index is 0.671. The molecule has 21 heavy (non-hydrogen) atoms. The summed E-state index contributed by atoms with van der Waals surface area (Å²) in [5.74, 6) is 1.06. The van der Waals surface area contributed by atoms with Gasteiger partial charge in [-0.3, -0.25) is 5.01 Å². The van der Waals surface area contributed by atoms with Crippen LogP contribution in [0.25, 0.3) is 0 Å². The second-order valence-corrected chi connectivity index (χ2v) is 5.79. The van der Waals surface area contributed by atoms with Gasteiger partial charge in [-0.2, -0.15) is 0 Å². The molecule has 2 aromatic carbocycles. The normalized spacial score (nSPS) is 17.6. The molecule has 1 fully saturated rings. The zero-order chi connectivity index (χ0) is 14.2. The van der Waals surface area contributed by atoms with Crippen LogP contribution in [0.15, 0.2) is 59.6 Å². The maximum absolute atomic E-state index is 4.93. The molecule has 0 N–H and O–H groups in total. The van der Waals surface area contributed by atoms with E-state index in [9.17, 15) is 0 Å². The van der Waals surface area contributed by atoms with Crippen molar-refractivity contribution in [3.05, 3.63) is 65.7 Å². The molecule has 0 spiro atoms. The molecule has 1 aliphatic heterocycles. The van der Waals surface area contributed by atoms with Gasteiger partial charge in [0.15, 0.2) is 5.84 Å². The standard InChI is InChI=1S/C18H19N3/c1-20(16-11-12-16)21-13-15-9-5-6-10-17(15)19-18(21)14-7-3-2-4-8-14/h2-10,16H,11-13H2,1H3. The number of rotatable bonds is 3. The fourth-order valence-corrected chi connectivity index (χ4v) is 2.87. The molecule has 3 nitrogen and oxygen atoms in total. The van der Waals surface area contributed by atoms with E-state index < -0.39 is 0 Å². The Balaban J connectivity index is 1.79. The average Bonchev–Trinajstić information content (AvgIpc) is 3.39. The van der Waals surface area contributed by atoms with E-state index in [1.807, 2.05) is 0 Å². The van der Waals surface area contributed by atoms with E-state index in [0.29, 0.717) is 6.04 Å². The quantitative estimate of drug-likeness (QED) is 0.854. The third-order valence-electron chi connectivity index (χ3n) is 4.27. The van der Waals surface area contributed by atoms with Gasteiger partial charge in [0.2, 0.25) is 0 Å². The molecule has 2 aromatic rings. The number of para-hydroxylation sites is 1. The smallest absolute Gasteiger partial charge is 0.151 e. The molecule has 1 aliphatic carbocycles. The summed E-state index contributed by atoms with van der Waals surface area (Å²) in [7, 11) is 2.18. The summed E-state index contributed by atoms with van der Waals surface area (Å²) in [6.45, 7) is 0.900. The monoisotopic (exact) mass is 277 g/mol. The first-order valence-electron chi connectivity index (χ1n) is 7.55. The first-order valence-corrected chi connectivity index (χ1v) is 7.55. The lowest BCUT2D eigenvalue weighted by atomic mass is 10.1. The van der Waals surface area contributed by atoms with Crippen molar-refractivity contribution < 1.29 is 0 Å². The van der Waals surface area contributed by atoms with E-state index in [-0.39, 0.29) is 0 Å². The third-order valence-corrected chi connectivity index (χ3v) is 4.27. The van der Waals surface area contributed by atoms with Crippen LogP contribution in [-0.2, 0) is 6.54 Å². The zero-order valence-corrected chi connectivity index (χ0v) is 12.2. The van der Waals surface area contributed by atoms with E-state index in [2.05, 4.69) is 71.7 Å². The SMILES string of the molecule is CN(C1CC1)N1Cc2ccccc2N=C1c1ccccc1. The fourth-order valence-electron chi connectivity index (χ4n) is 2.87. The number of nitrogens with zero attached hydrogens (tertiary/aromatic N) is 3. The number of hydrazine groups is 1. The number of hydrogen-bond acceptors (Lipinski definition) is 3. The number of aliphatic imine (C=N–C) groups is 1. The van der Waals surface area contributed by atoms with Crippen LogP contribution in [0.4, 0.5) is 5.69 Å². The van der Waals surface area contributed by atoms with Crippen LogP contribution >= 0.6 is 0 Å². The van der Waals surface area contributed by atoms with Gasteiger partial charge in [-0.1, -0.05) is 48.5 Å². The van der Waals surface area contributed by atoms with Crippen molar-refractivity contribution in [3.63, 3.8) is 0 Å². The van der Waals surface area contributed by atoms with Crippen LogP contribution in [0.3, 0.4) is 0 Å². The van der Waals surface area contributed by atoms with Crippen molar-refractivity contribution in [2.45, 2.75) is 25.4 Å². The Morgan fingerprint density at radius 3 is 2.48 bits per heavy atom. The molecule has 0 radical (unpaired) electrons. The van der Waals surface area contributed by atoms with E-state index >= 15 is 0 Å². The van der Waals surface area contributed by atoms with Gasteiger partial charge in [0.05, 0.1) is 12.2 Å². The molecule has 0 atom stereocenters. The molecule has 0 aromatic heterocycles. The minimum Gasteiger partial charge on any atom is -0.284 e. The summed E-state index contributed by atoms with van der Waals surface area (Å²) in [5.41, 5.74) is 3.57. The maximum Gasteiger partial charge on any atom is 0.151 e. The molecule has 0 saturated heterocycles. The van der Waals surface area contributed by atoms with Gasteiger partial charge in [-0.15, -0.1) is 0 Å². The Morgan fingerprint density at radius 2 is 1.71 bits per heavy atom. The molecule has 2 aliphatic rings. The first-order chi connectivity index (χ1) is 10.3. The first kappa shape index (κ1) is 12.6. The lowest BCUT2D eigenvalue weighted by Gasteiger charge is -2.37. The predicted octanol–water partition coefficient (Wildman–Crippen LogP) is 3.59. The number of amidine groups is 1. The van der Waals surface area contributed by atoms with Crippen molar-refractivity contribution in [3.8, 4) is 0 Å². The fraction of sp³-hybridized carbons (Fsp3) is 0.278. The molecule has 4 rings (SSSR count). The van der Waals surface area contributed by atoms with E-state index in [4.69, 9.17) is 4.99 Å². The predicted molar refractivity (Wildman–Crippen MR) is 85.4 cm³/mol. The highest BCUT2D eigenvalue weighted by Gasteiger charge is 2.33. The third kappa shape index (κ3) is 2.34. The minimum absolute atomic E-state index is 0.671. The molecule has 0 amide bonds. The molecule has 3 heteroatoms. The maximum atomic E-state index is 4.93. The average molecular weight is 277 g/mol. The van der Waals surface area contributed by atoms with Crippen LogP contribution < -0.4 is 0 Å². The Kier molecular flexibility index (Phi) is 3.00. The Labute approximate surface area is 125 Å². The van der Waals surface area contributed by atoms with Gasteiger partial charge in [-0.05, 0) is 24.5 Å². The highest BCUT2D eigenvalue weighted by molar-refractivity contribution is 6.01. The molecule has 0 unspecified atom stereocenters. The van der Waals surface area contributed by atoms with Crippen molar-refractivity contribution in [1.29, 1.82) is 0 Å². The van der Waals surface area contributed by atoms with E-state index in [0.717, 1.165) is 18.1 Å². The molecular formula is C18H19N3. The number of fused-ring (bicyclic) bond motifs is 1. The van der Waals surface area contributed by atoms with Gasteiger partial charge >= 0.3 is 0 Å². The summed E-state index contributed by atoms with van der Waals surface area (Å²) in [6.07, 6.45) is 2.58. The van der Waals surface area contributed by atoms with Gasteiger partial charge in [0, 0.05) is 18.7 Å². The van der Waals surface area contributed by atoms with Crippen molar-refractivity contribution >= 4 is 11.5 Å². The topological polar surface area (TPSA) is 18.8 Å². The van der Waals surface area contributed by atoms with Gasteiger partial charge < -0.3 is 0 Å². The van der Waals surface area contributed by atoms with Crippen LogP contribution in [0.1, 0.15) is 24.0 Å². The molecule has 1 saturated carbocycles. The molecule has 0 bridgehead atoms. The summed E-state index contributed by atoms with van der Waals surface area (Å²) < 4.78 is 0. The highest BCUT2D eigenvalue weighted by Crippen LogP contribution is 2.33. The Morgan fingerprint density at radius 1 is 1.00 bits per heavy atom. The van der Waals surface area contributed by atoms with Crippen LogP contribution in [-0.4, -0.2) is 28.9 Å². The van der Waals surface area contributed by atoms with E-state index in [1.54, 1.807) is 0 Å². The summed E-state index contributed by atoms with van der Waals surface area (Å²) in [6, 6.07) is 19.6. The van der Waals surface area contributed by atoms with E-state index in [1.165, 1.54) is 24.0 Å². The Hall–Kier alpha value is -2.13. The molecule has 1 heterocycles. The highest BCUT2D eigenvalue weighted by atomic mass is 15.6. The lowest BCUT2D eigenvalue weighted by molar-refractivity contribution is 0.0585. The van der Waals surface area contributed by atoms with Crippen LogP contribution in [0.5, 0.6) is 0 Å². The second kappa shape index (κ2) is 5.01. The largest absolute Gasteiger partial charge is 0.284 e. The summed E-state index contributed by atoms with van der Waals surface area (Å²) >= 11 is 0. The van der Waals surface area contributed by atoms with Crippen molar-refractivity contribution in [2.75, 3.05) is 7.05 Å². The van der Waals surface area contributed by atoms with Gasteiger partial charge in [-0.25, -0.2) is 10.0 Å². The van der Waals surface area contributed by atoms with Crippen molar-refractivity contribution in [2.24, 2.45) is 4.99 Å². The van der Waals surface area contributed by atoms with Gasteiger partial charge in [0.25, 0.3) is 0 Å². The van der Waals surface area contributed by atoms with Gasteiger partial charge in [0.1, 0.15) is 0 Å². The van der Waals surface area contributed by atoms with Crippen LogP contribution in [0, 0.1) is 0 Å². The lowest BCUT2D eigenvalue weighted by Crippen LogP contribution is -2.46. The zero-order valence-electron chi connectivity index (χ0n) is 12.2. The van der Waals surface area contributed by atoms with Crippen molar-refractivity contribution in [1.82, 2.24) is 10.0 Å². The molecule has 106 valence electrons. The summed E-state index contributed by atoms with van der Waals surface area (Å²) in [4.78, 5) is 4.93.